The number of ether oxygens (including phenoxy) is 1. The molecular formula is C18H14ClNO5S2. The molecule has 2 amide bonds. The third kappa shape index (κ3) is 4.40. The van der Waals surface area contributed by atoms with Gasteiger partial charge in [0, 0.05) is 16.0 Å². The number of hydrogen-bond donors (Lipinski definition) is 0. The molecular weight excluding hydrogens is 410 g/mol. The first-order valence-corrected chi connectivity index (χ1v) is 9.78. The number of imide groups is 1. The van der Waals surface area contributed by atoms with Gasteiger partial charge in [0.1, 0.15) is 11.8 Å². The fourth-order valence-electron chi connectivity index (χ4n) is 2.30. The molecule has 3 rings (SSSR count). The molecule has 0 unspecified atom stereocenters. The van der Waals surface area contributed by atoms with Crippen molar-refractivity contribution in [3.8, 4) is 0 Å². The summed E-state index contributed by atoms with van der Waals surface area (Å²) in [5.41, 5.74) is 0. The Morgan fingerprint density at radius 1 is 1.26 bits per heavy atom. The van der Waals surface area contributed by atoms with Crippen molar-refractivity contribution in [2.45, 2.75) is 23.0 Å². The molecule has 27 heavy (non-hydrogen) atoms. The predicted molar refractivity (Wildman–Crippen MR) is 104 cm³/mol. The molecule has 140 valence electrons. The molecule has 2 heterocycles. The van der Waals surface area contributed by atoms with Gasteiger partial charge >= 0.3 is 5.97 Å². The third-order valence-electron chi connectivity index (χ3n) is 3.66. The molecule has 1 atom stereocenters. The number of carbonyl (C=O) groups is 3. The highest BCUT2D eigenvalue weighted by molar-refractivity contribution is 8.18. The van der Waals surface area contributed by atoms with Gasteiger partial charge in [0.15, 0.2) is 5.09 Å². The van der Waals surface area contributed by atoms with Crippen LogP contribution in [0.2, 0.25) is 5.02 Å². The number of benzene rings is 1. The molecule has 0 spiro atoms. The van der Waals surface area contributed by atoms with Crippen molar-refractivity contribution >= 4 is 58.3 Å². The van der Waals surface area contributed by atoms with E-state index in [1.54, 1.807) is 24.3 Å². The number of halogens is 1. The summed E-state index contributed by atoms with van der Waals surface area (Å²) in [6, 6.07) is 9.80. The molecule has 0 N–H and O–H groups in total. The molecule has 2 aromatic rings. The quantitative estimate of drug-likeness (QED) is 0.510. The Hall–Kier alpha value is -2.16. The summed E-state index contributed by atoms with van der Waals surface area (Å²) in [6.45, 7) is 1.44. The van der Waals surface area contributed by atoms with E-state index in [2.05, 4.69) is 4.74 Å². The summed E-state index contributed by atoms with van der Waals surface area (Å²) in [6.07, 6.45) is 1.49. The van der Waals surface area contributed by atoms with Crippen molar-refractivity contribution in [1.82, 2.24) is 4.90 Å². The van der Waals surface area contributed by atoms with Gasteiger partial charge < -0.3 is 9.15 Å². The number of methoxy groups -OCH3 is 1. The van der Waals surface area contributed by atoms with Gasteiger partial charge in [-0.25, -0.2) is 4.79 Å². The van der Waals surface area contributed by atoms with Crippen LogP contribution in [-0.4, -0.2) is 35.2 Å². The summed E-state index contributed by atoms with van der Waals surface area (Å²) in [5, 5.41) is 0.758. The monoisotopic (exact) mass is 423 g/mol. The lowest BCUT2D eigenvalue weighted by Gasteiger charge is -2.18. The van der Waals surface area contributed by atoms with Crippen molar-refractivity contribution in [3.63, 3.8) is 0 Å². The molecule has 9 heteroatoms. The van der Waals surface area contributed by atoms with E-state index in [0.717, 1.165) is 21.6 Å². The summed E-state index contributed by atoms with van der Waals surface area (Å²) >= 11 is 8.03. The zero-order chi connectivity index (χ0) is 19.6. The van der Waals surface area contributed by atoms with Crippen LogP contribution < -0.4 is 0 Å². The molecule has 0 radical (unpaired) electrons. The van der Waals surface area contributed by atoms with E-state index in [1.807, 2.05) is 12.1 Å². The number of amides is 2. The van der Waals surface area contributed by atoms with Gasteiger partial charge in [-0.2, -0.15) is 0 Å². The van der Waals surface area contributed by atoms with Crippen LogP contribution in [0, 0.1) is 0 Å². The highest BCUT2D eigenvalue weighted by atomic mass is 35.5. The number of esters is 1. The minimum Gasteiger partial charge on any atom is -0.467 e. The SMILES string of the molecule is COC(=O)[C@@H](C)N1C(=O)S/C(=C/c2ccc(Sc3ccc(Cl)cc3)o2)C1=O. The average molecular weight is 424 g/mol. The molecule has 1 aromatic heterocycles. The largest absolute Gasteiger partial charge is 0.467 e. The Bertz CT molecular complexity index is 922. The first kappa shape index (κ1) is 19.6. The van der Waals surface area contributed by atoms with Crippen molar-refractivity contribution in [1.29, 1.82) is 0 Å². The molecule has 6 nitrogen and oxygen atoms in total. The first-order valence-electron chi connectivity index (χ1n) is 7.77. The number of nitrogens with zero attached hydrogens (tertiary/aromatic N) is 1. The maximum absolute atomic E-state index is 12.5. The van der Waals surface area contributed by atoms with Crippen LogP contribution in [0.3, 0.4) is 0 Å². The van der Waals surface area contributed by atoms with Crippen molar-refractivity contribution in [3.05, 3.63) is 52.1 Å². The average Bonchev–Trinajstić information content (AvgIpc) is 3.20. The Kier molecular flexibility index (Phi) is 5.98. The van der Waals surface area contributed by atoms with Gasteiger partial charge in [-0.05, 0) is 55.1 Å². The zero-order valence-electron chi connectivity index (χ0n) is 14.3. The van der Waals surface area contributed by atoms with Crippen LogP contribution >= 0.6 is 35.1 Å². The van der Waals surface area contributed by atoms with E-state index in [9.17, 15) is 14.4 Å². The Morgan fingerprint density at radius 3 is 2.63 bits per heavy atom. The Labute approximate surface area is 168 Å². The molecule has 0 bridgehead atoms. The number of hydrogen-bond acceptors (Lipinski definition) is 7. The first-order chi connectivity index (χ1) is 12.9. The Balaban J connectivity index is 1.74. The van der Waals surface area contributed by atoms with Crippen molar-refractivity contribution in [2.24, 2.45) is 0 Å². The van der Waals surface area contributed by atoms with Gasteiger partial charge in [-0.3, -0.25) is 14.5 Å². The minimum absolute atomic E-state index is 0.188. The van der Waals surface area contributed by atoms with E-state index in [1.165, 1.54) is 31.9 Å². The number of rotatable bonds is 5. The standard InChI is InChI=1S/C18H14ClNO5S2/c1-10(17(22)24-2)20-16(21)14(27-18(20)23)9-12-5-8-15(25-12)26-13-6-3-11(19)4-7-13/h3-10H,1-2H3/b14-9+/t10-/m1/s1. The van der Waals surface area contributed by atoms with E-state index in [-0.39, 0.29) is 4.91 Å². The van der Waals surface area contributed by atoms with Crippen LogP contribution in [0.15, 0.2) is 55.7 Å². The maximum atomic E-state index is 12.5. The number of thioether (sulfide) groups is 1. The van der Waals surface area contributed by atoms with Gasteiger partial charge in [-0.15, -0.1) is 0 Å². The lowest BCUT2D eigenvalue weighted by Crippen LogP contribution is -2.42. The molecule has 0 saturated carbocycles. The third-order valence-corrected chi connectivity index (χ3v) is 5.72. The van der Waals surface area contributed by atoms with E-state index in [4.69, 9.17) is 16.0 Å². The van der Waals surface area contributed by atoms with Crippen molar-refractivity contribution < 1.29 is 23.5 Å². The molecule has 1 aliphatic heterocycles. The number of carbonyl (C=O) groups excluding carboxylic acids is 3. The topological polar surface area (TPSA) is 76.8 Å². The molecule has 1 saturated heterocycles. The van der Waals surface area contributed by atoms with Crippen LogP contribution in [0.1, 0.15) is 12.7 Å². The summed E-state index contributed by atoms with van der Waals surface area (Å²) < 4.78 is 10.3. The summed E-state index contributed by atoms with van der Waals surface area (Å²) in [4.78, 5) is 38.2. The second-order valence-corrected chi connectivity index (χ2v) is 7.97. The van der Waals surface area contributed by atoms with Crippen LogP contribution in [0.5, 0.6) is 0 Å². The van der Waals surface area contributed by atoms with Crippen LogP contribution in [-0.2, 0) is 14.3 Å². The smallest absolute Gasteiger partial charge is 0.328 e. The highest BCUT2D eigenvalue weighted by Crippen LogP contribution is 2.35. The maximum Gasteiger partial charge on any atom is 0.328 e. The molecule has 0 aliphatic carbocycles. The van der Waals surface area contributed by atoms with Gasteiger partial charge in [-0.1, -0.05) is 23.4 Å². The van der Waals surface area contributed by atoms with E-state index < -0.39 is 23.2 Å². The van der Waals surface area contributed by atoms with E-state index >= 15 is 0 Å². The van der Waals surface area contributed by atoms with Gasteiger partial charge in [0.25, 0.3) is 11.1 Å². The van der Waals surface area contributed by atoms with Crippen LogP contribution in [0.4, 0.5) is 4.79 Å². The normalized spacial score (nSPS) is 16.9. The summed E-state index contributed by atoms with van der Waals surface area (Å²) in [7, 11) is 1.20. The minimum atomic E-state index is -0.985. The number of furan rings is 1. The van der Waals surface area contributed by atoms with Crippen LogP contribution in [0.25, 0.3) is 6.08 Å². The van der Waals surface area contributed by atoms with Crippen molar-refractivity contribution in [2.75, 3.05) is 7.11 Å². The molecule has 1 aromatic carbocycles. The van der Waals surface area contributed by atoms with E-state index in [0.29, 0.717) is 15.9 Å². The fraction of sp³-hybridized carbons (Fsp3) is 0.167. The lowest BCUT2D eigenvalue weighted by atomic mass is 10.3. The van der Waals surface area contributed by atoms with Gasteiger partial charge in [0.2, 0.25) is 0 Å². The Morgan fingerprint density at radius 2 is 1.96 bits per heavy atom. The summed E-state index contributed by atoms with van der Waals surface area (Å²) in [5.74, 6) is -0.771. The fourth-order valence-corrected chi connectivity index (χ4v) is 4.10. The highest BCUT2D eigenvalue weighted by Gasteiger charge is 2.41. The van der Waals surface area contributed by atoms with Gasteiger partial charge in [0.05, 0.1) is 12.0 Å². The lowest BCUT2D eigenvalue weighted by molar-refractivity contribution is -0.148. The second kappa shape index (κ2) is 8.24. The molecule has 1 aliphatic rings. The zero-order valence-corrected chi connectivity index (χ0v) is 16.7. The second-order valence-electron chi connectivity index (χ2n) is 5.46. The predicted octanol–water partition coefficient (Wildman–Crippen LogP) is 4.68. The molecule has 1 fully saturated rings.